The van der Waals surface area contributed by atoms with E-state index in [2.05, 4.69) is 15.2 Å². The highest BCUT2D eigenvalue weighted by Crippen LogP contribution is 2.35. The van der Waals surface area contributed by atoms with Gasteiger partial charge in [0.2, 0.25) is 0 Å². The second-order valence-electron chi connectivity index (χ2n) is 6.96. The monoisotopic (exact) mass is 383 g/mol. The van der Waals surface area contributed by atoms with E-state index in [4.69, 9.17) is 11.6 Å². The Balaban J connectivity index is 1.54. The van der Waals surface area contributed by atoms with Crippen molar-refractivity contribution in [1.82, 2.24) is 10.2 Å². The number of halogens is 1. The van der Waals surface area contributed by atoms with Crippen molar-refractivity contribution >= 4 is 27.4 Å². The van der Waals surface area contributed by atoms with Gasteiger partial charge in [-0.15, -0.1) is 0 Å². The largest absolute Gasteiger partial charge is 0.355 e. The maximum absolute atomic E-state index is 12.4. The van der Waals surface area contributed by atoms with Crippen LogP contribution in [0.25, 0.3) is 0 Å². The topological polar surface area (TPSA) is 61.8 Å². The van der Waals surface area contributed by atoms with E-state index < -0.39 is 9.84 Å². The Morgan fingerprint density at radius 1 is 1.20 bits per heavy atom. The number of fused-ring (bicyclic) bond motifs is 1. The van der Waals surface area contributed by atoms with Crippen molar-refractivity contribution in [1.29, 1.82) is 0 Å². The lowest BCUT2D eigenvalue weighted by molar-refractivity contribution is 0.299. The average molecular weight is 384 g/mol. The van der Waals surface area contributed by atoms with E-state index in [9.17, 15) is 8.42 Å². The van der Waals surface area contributed by atoms with Gasteiger partial charge in [0.1, 0.15) is 0 Å². The van der Waals surface area contributed by atoms with E-state index in [1.807, 2.05) is 0 Å². The van der Waals surface area contributed by atoms with E-state index in [1.165, 1.54) is 25.7 Å². The Hall–Kier alpha value is -1.27. The normalized spacial score (nSPS) is 24.2. The second kappa shape index (κ2) is 7.96. The van der Waals surface area contributed by atoms with Gasteiger partial charge in [0.15, 0.2) is 15.8 Å². The lowest BCUT2D eigenvalue weighted by Gasteiger charge is -2.22. The molecule has 0 bridgehead atoms. The molecule has 1 aromatic carbocycles. The van der Waals surface area contributed by atoms with Crippen LogP contribution in [0.1, 0.15) is 25.7 Å². The lowest BCUT2D eigenvalue weighted by atomic mass is 9.82. The number of benzene rings is 1. The van der Waals surface area contributed by atoms with Crippen LogP contribution in [0.15, 0.2) is 34.2 Å². The predicted molar refractivity (Wildman–Crippen MR) is 102 cm³/mol. The van der Waals surface area contributed by atoms with Crippen molar-refractivity contribution in [2.24, 2.45) is 16.8 Å². The van der Waals surface area contributed by atoms with Gasteiger partial charge in [-0.1, -0.05) is 24.4 Å². The molecule has 1 aliphatic carbocycles. The fraction of sp³-hybridized carbons (Fsp3) is 0.611. The van der Waals surface area contributed by atoms with Crippen molar-refractivity contribution < 1.29 is 8.42 Å². The summed E-state index contributed by atoms with van der Waals surface area (Å²) in [5.74, 6) is 2.39. The molecule has 25 heavy (non-hydrogen) atoms. The van der Waals surface area contributed by atoms with Gasteiger partial charge in [-0.3, -0.25) is 4.99 Å². The first kappa shape index (κ1) is 18.5. The van der Waals surface area contributed by atoms with Crippen molar-refractivity contribution in [2.75, 3.05) is 32.4 Å². The van der Waals surface area contributed by atoms with Crippen LogP contribution in [0, 0.1) is 11.8 Å². The fourth-order valence-electron chi connectivity index (χ4n) is 3.97. The van der Waals surface area contributed by atoms with Gasteiger partial charge < -0.3 is 10.2 Å². The van der Waals surface area contributed by atoms with E-state index in [-0.39, 0.29) is 5.75 Å². The summed E-state index contributed by atoms with van der Waals surface area (Å²) in [7, 11) is -1.56. The Morgan fingerprint density at radius 2 is 1.80 bits per heavy atom. The van der Waals surface area contributed by atoms with Crippen molar-refractivity contribution in [3.63, 3.8) is 0 Å². The number of aliphatic imine (C=N–C) groups is 1. The predicted octanol–water partition coefficient (Wildman–Crippen LogP) is 2.81. The summed E-state index contributed by atoms with van der Waals surface area (Å²) in [6.07, 6.45) is 5.28. The van der Waals surface area contributed by atoms with Gasteiger partial charge >= 0.3 is 0 Å². The number of nitrogens with zero attached hydrogens (tertiary/aromatic N) is 2. The van der Waals surface area contributed by atoms with Gasteiger partial charge in [0.05, 0.1) is 10.6 Å². The maximum Gasteiger partial charge on any atom is 0.193 e. The summed E-state index contributed by atoms with van der Waals surface area (Å²) in [6.45, 7) is 2.42. The van der Waals surface area contributed by atoms with Gasteiger partial charge in [-0.05, 0) is 48.9 Å². The summed E-state index contributed by atoms with van der Waals surface area (Å²) in [5.41, 5.74) is 0. The molecule has 2 fully saturated rings. The minimum absolute atomic E-state index is 0.0361. The summed E-state index contributed by atoms with van der Waals surface area (Å²) in [4.78, 5) is 6.94. The van der Waals surface area contributed by atoms with Gasteiger partial charge in [-0.25, -0.2) is 8.42 Å². The van der Waals surface area contributed by atoms with Crippen LogP contribution in [-0.2, 0) is 9.84 Å². The molecule has 1 heterocycles. The molecule has 7 heteroatoms. The van der Waals surface area contributed by atoms with Crippen LogP contribution in [0.3, 0.4) is 0 Å². The maximum atomic E-state index is 12.4. The molecule has 2 aliphatic rings. The van der Waals surface area contributed by atoms with E-state index in [0.717, 1.165) is 30.9 Å². The van der Waals surface area contributed by atoms with Crippen LogP contribution in [0.5, 0.6) is 0 Å². The molecule has 1 aliphatic heterocycles. The number of guanidine groups is 1. The molecule has 0 aromatic heterocycles. The first-order chi connectivity index (χ1) is 12.0. The van der Waals surface area contributed by atoms with Gasteiger partial charge in [-0.2, -0.15) is 0 Å². The standard InChI is InChI=1S/C18H26ClN3O2S/c1-20-18(22-12-14-4-2-3-5-15(14)13-22)21-10-11-25(23,24)17-8-6-16(19)7-9-17/h6-9,14-15H,2-5,10-13H2,1H3,(H,20,21). The minimum Gasteiger partial charge on any atom is -0.355 e. The molecule has 1 saturated carbocycles. The second-order valence-corrected chi connectivity index (χ2v) is 9.50. The number of likely N-dealkylation sites (tertiary alicyclic amines) is 1. The van der Waals surface area contributed by atoms with Gasteiger partial charge in [0, 0.05) is 31.7 Å². The molecule has 3 rings (SSSR count). The molecular weight excluding hydrogens is 358 g/mol. The smallest absolute Gasteiger partial charge is 0.193 e. The molecule has 0 radical (unpaired) electrons. The van der Waals surface area contributed by atoms with Crippen molar-refractivity contribution in [3.8, 4) is 0 Å². The Bertz CT molecular complexity index is 704. The quantitative estimate of drug-likeness (QED) is 0.641. The molecule has 2 atom stereocenters. The third-order valence-electron chi connectivity index (χ3n) is 5.31. The minimum atomic E-state index is -3.32. The van der Waals surface area contributed by atoms with E-state index in [1.54, 1.807) is 31.3 Å². The SMILES string of the molecule is CN=C(NCCS(=O)(=O)c1ccc(Cl)cc1)N1CC2CCCCC2C1. The highest BCUT2D eigenvalue weighted by Gasteiger charge is 2.35. The molecule has 138 valence electrons. The molecule has 1 saturated heterocycles. The van der Waals surface area contributed by atoms with Crippen molar-refractivity contribution in [3.05, 3.63) is 29.3 Å². The number of nitrogens with one attached hydrogen (secondary N) is 1. The number of hydrogen-bond donors (Lipinski definition) is 1. The molecule has 0 amide bonds. The number of rotatable bonds is 4. The van der Waals surface area contributed by atoms with Crippen LogP contribution in [0.4, 0.5) is 0 Å². The number of sulfone groups is 1. The number of hydrogen-bond acceptors (Lipinski definition) is 3. The third-order valence-corrected chi connectivity index (χ3v) is 7.30. The molecule has 2 unspecified atom stereocenters. The van der Waals surface area contributed by atoms with E-state index >= 15 is 0 Å². The summed E-state index contributed by atoms with van der Waals surface area (Å²) < 4.78 is 24.8. The summed E-state index contributed by atoms with van der Waals surface area (Å²) in [6, 6.07) is 6.31. The van der Waals surface area contributed by atoms with Gasteiger partial charge in [0.25, 0.3) is 0 Å². The third kappa shape index (κ3) is 4.47. The molecule has 5 nitrogen and oxygen atoms in total. The zero-order valence-electron chi connectivity index (χ0n) is 14.6. The summed E-state index contributed by atoms with van der Waals surface area (Å²) >= 11 is 5.82. The van der Waals surface area contributed by atoms with Crippen molar-refractivity contribution in [2.45, 2.75) is 30.6 Å². The first-order valence-electron chi connectivity index (χ1n) is 8.93. The van der Waals surface area contributed by atoms with Crippen LogP contribution >= 0.6 is 11.6 Å². The molecule has 1 N–H and O–H groups in total. The highest BCUT2D eigenvalue weighted by molar-refractivity contribution is 7.91. The fourth-order valence-corrected chi connectivity index (χ4v) is 5.25. The van der Waals surface area contributed by atoms with Crippen LogP contribution in [0.2, 0.25) is 5.02 Å². The molecule has 0 spiro atoms. The van der Waals surface area contributed by atoms with Crippen LogP contribution < -0.4 is 5.32 Å². The Labute approximate surface area is 155 Å². The van der Waals surface area contributed by atoms with E-state index in [0.29, 0.717) is 16.5 Å². The van der Waals surface area contributed by atoms with Crippen LogP contribution in [-0.4, -0.2) is 51.7 Å². The highest BCUT2D eigenvalue weighted by atomic mass is 35.5. The molecule has 1 aromatic rings. The summed E-state index contributed by atoms with van der Waals surface area (Å²) in [5, 5.41) is 3.76. The Kier molecular flexibility index (Phi) is 5.89. The zero-order valence-corrected chi connectivity index (χ0v) is 16.2. The lowest BCUT2D eigenvalue weighted by Crippen LogP contribution is -2.42. The average Bonchev–Trinajstić information content (AvgIpc) is 3.03. The molecular formula is C18H26ClN3O2S. The zero-order chi connectivity index (χ0) is 17.9. The first-order valence-corrected chi connectivity index (χ1v) is 11.0. The Morgan fingerprint density at radius 3 is 2.36 bits per heavy atom.